The highest BCUT2D eigenvalue weighted by Gasteiger charge is 1.90. The van der Waals surface area contributed by atoms with Crippen molar-refractivity contribution in [2.45, 2.75) is 13.8 Å². The van der Waals surface area contributed by atoms with Gasteiger partial charge in [-0.1, -0.05) is 13.2 Å². The van der Waals surface area contributed by atoms with Gasteiger partial charge >= 0.3 is 11.9 Å². The van der Waals surface area contributed by atoms with Gasteiger partial charge in [-0.05, 0) is 13.8 Å². The predicted octanol–water partition coefficient (Wildman–Crippen LogP) is 1.61. The molecule has 0 fully saturated rings. The molecule has 0 amide bonds. The maximum Gasteiger partial charge on any atom is 0.330 e. The van der Waals surface area contributed by atoms with Crippen molar-refractivity contribution in [2.24, 2.45) is 0 Å². The third-order valence-electron chi connectivity index (χ3n) is 0.730. The SMILES string of the molecule is C=C(C)C(=O)O.C=C(C)C(=O)O.N=C=N. The van der Waals surface area contributed by atoms with Crippen LogP contribution >= 0.6 is 0 Å². The average molecular weight is 214 g/mol. The Hall–Kier alpha value is -2.20. The van der Waals surface area contributed by atoms with Crippen LogP contribution in [0.5, 0.6) is 0 Å². The van der Waals surface area contributed by atoms with E-state index in [-0.39, 0.29) is 11.1 Å². The van der Waals surface area contributed by atoms with Crippen LogP contribution in [0.4, 0.5) is 0 Å². The van der Waals surface area contributed by atoms with Gasteiger partial charge in [-0.2, -0.15) is 0 Å². The first-order valence-electron chi connectivity index (χ1n) is 3.56. The summed E-state index contributed by atoms with van der Waals surface area (Å²) in [6.07, 6.45) is 0. The fourth-order valence-electron chi connectivity index (χ4n) is 0. The van der Waals surface area contributed by atoms with E-state index in [9.17, 15) is 9.59 Å². The van der Waals surface area contributed by atoms with Gasteiger partial charge in [0.05, 0.1) is 6.01 Å². The summed E-state index contributed by atoms with van der Waals surface area (Å²) in [4.78, 5) is 19.2. The molecule has 0 saturated carbocycles. The van der Waals surface area contributed by atoms with E-state index in [0.717, 1.165) is 0 Å². The van der Waals surface area contributed by atoms with Crippen LogP contribution in [-0.2, 0) is 9.59 Å². The lowest BCUT2D eigenvalue weighted by Gasteiger charge is -1.79. The molecule has 0 aromatic heterocycles. The van der Waals surface area contributed by atoms with Crippen LogP contribution in [0.15, 0.2) is 24.3 Å². The molecular weight excluding hydrogens is 200 g/mol. The summed E-state index contributed by atoms with van der Waals surface area (Å²) in [6.45, 7) is 9.20. The summed E-state index contributed by atoms with van der Waals surface area (Å²) >= 11 is 0. The molecule has 6 nitrogen and oxygen atoms in total. The van der Waals surface area contributed by atoms with Gasteiger partial charge in [0.1, 0.15) is 0 Å². The smallest absolute Gasteiger partial charge is 0.330 e. The zero-order chi connectivity index (χ0) is 13.0. The zero-order valence-corrected chi connectivity index (χ0v) is 8.63. The molecule has 0 spiro atoms. The van der Waals surface area contributed by atoms with E-state index < -0.39 is 11.9 Å². The summed E-state index contributed by atoms with van der Waals surface area (Å²) in [5, 5.41) is 27.0. The maximum atomic E-state index is 9.60. The van der Waals surface area contributed by atoms with Crippen molar-refractivity contribution in [3.63, 3.8) is 0 Å². The fraction of sp³-hybridized carbons (Fsp3) is 0.222. The number of hydrogen-bond acceptors (Lipinski definition) is 4. The van der Waals surface area contributed by atoms with E-state index in [2.05, 4.69) is 13.2 Å². The van der Waals surface area contributed by atoms with E-state index in [1.807, 2.05) is 0 Å². The highest BCUT2D eigenvalue weighted by Crippen LogP contribution is 1.81. The lowest BCUT2D eigenvalue weighted by Crippen LogP contribution is -1.92. The van der Waals surface area contributed by atoms with E-state index in [0.29, 0.717) is 0 Å². The van der Waals surface area contributed by atoms with Crippen LogP contribution in [0.25, 0.3) is 0 Å². The first kappa shape index (κ1) is 18.6. The molecule has 84 valence electrons. The number of rotatable bonds is 2. The van der Waals surface area contributed by atoms with Gasteiger partial charge in [-0.25, -0.2) is 20.4 Å². The van der Waals surface area contributed by atoms with Crippen LogP contribution in [-0.4, -0.2) is 28.2 Å². The highest BCUT2D eigenvalue weighted by atomic mass is 16.4. The second-order valence-corrected chi connectivity index (χ2v) is 2.30. The van der Waals surface area contributed by atoms with Crippen molar-refractivity contribution in [1.82, 2.24) is 0 Å². The van der Waals surface area contributed by atoms with Crippen molar-refractivity contribution in [1.29, 1.82) is 10.8 Å². The lowest BCUT2D eigenvalue weighted by atomic mass is 10.4. The quantitative estimate of drug-likeness (QED) is 0.412. The minimum absolute atomic E-state index is 0.176. The molecule has 0 unspecified atom stereocenters. The van der Waals surface area contributed by atoms with E-state index in [1.54, 1.807) is 0 Å². The monoisotopic (exact) mass is 214 g/mol. The van der Waals surface area contributed by atoms with Crippen LogP contribution in [0, 0.1) is 10.8 Å². The van der Waals surface area contributed by atoms with E-state index in [1.165, 1.54) is 19.9 Å². The second-order valence-electron chi connectivity index (χ2n) is 2.30. The average Bonchev–Trinajstić information content (AvgIpc) is 2.06. The summed E-state index contributed by atoms with van der Waals surface area (Å²) in [5.41, 5.74) is 0.352. The Kier molecular flexibility index (Phi) is 14.6. The molecule has 4 N–H and O–H groups in total. The van der Waals surface area contributed by atoms with Crippen LogP contribution in [0.3, 0.4) is 0 Å². The molecule has 15 heavy (non-hydrogen) atoms. The second kappa shape index (κ2) is 11.8. The summed E-state index contributed by atoms with van der Waals surface area (Å²) < 4.78 is 0. The molecule has 0 aliphatic carbocycles. The number of nitrogens with one attached hydrogen (secondary N) is 2. The largest absolute Gasteiger partial charge is 0.478 e. The number of carbonyl (C=O) groups is 2. The first-order chi connectivity index (χ1) is 6.70. The number of aliphatic carboxylic acids is 2. The summed E-state index contributed by atoms with van der Waals surface area (Å²) in [5.74, 6) is -1.87. The molecule has 0 aliphatic rings. The fourth-order valence-corrected chi connectivity index (χ4v) is 0. The van der Waals surface area contributed by atoms with E-state index in [4.69, 9.17) is 21.0 Å². The molecule has 0 heterocycles. The minimum atomic E-state index is -0.935. The van der Waals surface area contributed by atoms with Gasteiger partial charge in [0, 0.05) is 11.1 Å². The van der Waals surface area contributed by atoms with Crippen molar-refractivity contribution in [2.75, 3.05) is 0 Å². The minimum Gasteiger partial charge on any atom is -0.478 e. The molecule has 0 radical (unpaired) electrons. The highest BCUT2D eigenvalue weighted by molar-refractivity contribution is 5.85. The van der Waals surface area contributed by atoms with Crippen LogP contribution in [0.2, 0.25) is 0 Å². The third kappa shape index (κ3) is 33.7. The third-order valence-corrected chi connectivity index (χ3v) is 0.730. The summed E-state index contributed by atoms with van der Waals surface area (Å²) in [6, 6.07) is 1.25. The van der Waals surface area contributed by atoms with Crippen molar-refractivity contribution >= 4 is 17.9 Å². The van der Waals surface area contributed by atoms with Gasteiger partial charge in [-0.3, -0.25) is 0 Å². The van der Waals surface area contributed by atoms with Gasteiger partial charge in [0.2, 0.25) is 0 Å². The Bertz CT molecular complexity index is 240. The molecule has 0 atom stereocenters. The summed E-state index contributed by atoms with van der Waals surface area (Å²) in [7, 11) is 0. The Morgan fingerprint density at radius 1 is 1.00 bits per heavy atom. The molecule has 0 aliphatic heterocycles. The number of hydrogen-bond donors (Lipinski definition) is 4. The lowest BCUT2D eigenvalue weighted by molar-refractivity contribution is -0.133. The Morgan fingerprint density at radius 2 is 1.07 bits per heavy atom. The molecular formula is C9H14N2O4. The molecule has 0 aromatic rings. The Labute approximate surface area is 87.6 Å². The molecule has 0 bridgehead atoms. The Balaban J connectivity index is -0.000000153. The Morgan fingerprint density at radius 3 is 1.07 bits per heavy atom. The van der Waals surface area contributed by atoms with Gasteiger partial charge < -0.3 is 10.2 Å². The number of carboxylic acid groups (broad SMARTS) is 2. The topological polar surface area (TPSA) is 122 Å². The van der Waals surface area contributed by atoms with Gasteiger partial charge in [-0.15, -0.1) is 0 Å². The van der Waals surface area contributed by atoms with Crippen LogP contribution in [0.1, 0.15) is 13.8 Å². The van der Waals surface area contributed by atoms with E-state index >= 15 is 0 Å². The molecule has 0 aromatic carbocycles. The van der Waals surface area contributed by atoms with Crippen molar-refractivity contribution < 1.29 is 19.8 Å². The normalized spacial score (nSPS) is 6.53. The first-order valence-corrected chi connectivity index (χ1v) is 3.56. The zero-order valence-electron chi connectivity index (χ0n) is 8.63. The van der Waals surface area contributed by atoms with Gasteiger partial charge in [0.15, 0.2) is 0 Å². The number of carboxylic acids is 2. The van der Waals surface area contributed by atoms with Crippen molar-refractivity contribution in [3.8, 4) is 0 Å². The molecule has 0 saturated heterocycles. The molecule has 6 heteroatoms. The van der Waals surface area contributed by atoms with Crippen LogP contribution < -0.4 is 0 Å². The molecule has 0 rings (SSSR count). The standard InChI is InChI=1S/2C4H6O2.CH2N2/c2*1-3(2)4(5)6;2-1-3/h2*1H2,2H3,(H,5,6);2-3H. The maximum absolute atomic E-state index is 9.60. The predicted molar refractivity (Wildman–Crippen MR) is 55.3 cm³/mol. The van der Waals surface area contributed by atoms with Gasteiger partial charge in [0.25, 0.3) is 0 Å². The van der Waals surface area contributed by atoms with Crippen molar-refractivity contribution in [3.05, 3.63) is 24.3 Å².